The van der Waals surface area contributed by atoms with Gasteiger partial charge in [0.25, 0.3) is 0 Å². The minimum absolute atomic E-state index is 0.0845. The Kier molecular flexibility index (Phi) is 5.83. The van der Waals surface area contributed by atoms with Crippen molar-refractivity contribution in [1.82, 2.24) is 10.9 Å². The molecule has 0 bridgehead atoms. The number of hydrazine groups is 1. The Balaban J connectivity index is 1.70. The summed E-state index contributed by atoms with van der Waals surface area (Å²) in [6.07, 6.45) is 0.652. The van der Waals surface area contributed by atoms with E-state index in [4.69, 9.17) is 14.2 Å². The van der Waals surface area contributed by atoms with Crippen LogP contribution in [-0.2, 0) is 4.79 Å². The summed E-state index contributed by atoms with van der Waals surface area (Å²) in [6, 6.07) is 11.4. The molecule has 0 spiro atoms. The van der Waals surface area contributed by atoms with Gasteiger partial charge in [0.15, 0.2) is 11.5 Å². The van der Waals surface area contributed by atoms with Crippen LogP contribution in [0.5, 0.6) is 17.2 Å². The maximum Gasteiger partial charge on any atom is 0.242 e. The SMILES string of the molecule is COc1cc(NC(=O)C2CC(c3ccc(C)cc3)NN2)cc(OC)c1OC. The van der Waals surface area contributed by atoms with Crippen LogP contribution < -0.4 is 30.4 Å². The zero-order chi connectivity index (χ0) is 19.4. The van der Waals surface area contributed by atoms with Gasteiger partial charge in [0.1, 0.15) is 6.04 Å². The predicted molar refractivity (Wildman–Crippen MR) is 103 cm³/mol. The molecule has 3 N–H and O–H groups in total. The van der Waals surface area contributed by atoms with E-state index in [1.54, 1.807) is 12.1 Å². The number of amides is 1. The van der Waals surface area contributed by atoms with Crippen LogP contribution in [0.3, 0.4) is 0 Å². The molecule has 1 amide bonds. The number of anilines is 1. The van der Waals surface area contributed by atoms with Gasteiger partial charge in [-0.05, 0) is 18.9 Å². The topological polar surface area (TPSA) is 80.9 Å². The van der Waals surface area contributed by atoms with E-state index in [1.807, 2.05) is 0 Å². The third-order valence-corrected chi connectivity index (χ3v) is 4.63. The van der Waals surface area contributed by atoms with Crippen LogP contribution in [0.25, 0.3) is 0 Å². The molecular weight excluding hydrogens is 346 g/mol. The molecule has 0 radical (unpaired) electrons. The van der Waals surface area contributed by atoms with Gasteiger partial charge in [0.2, 0.25) is 11.7 Å². The predicted octanol–water partition coefficient (Wildman–Crippen LogP) is 2.57. The molecular formula is C20H25N3O4. The Morgan fingerprint density at radius 3 is 2.19 bits per heavy atom. The maximum atomic E-state index is 12.7. The molecule has 144 valence electrons. The van der Waals surface area contributed by atoms with Crippen molar-refractivity contribution in [3.63, 3.8) is 0 Å². The van der Waals surface area contributed by atoms with Gasteiger partial charge in [0, 0.05) is 23.9 Å². The van der Waals surface area contributed by atoms with Crippen molar-refractivity contribution in [3.05, 3.63) is 47.5 Å². The first-order valence-electron chi connectivity index (χ1n) is 8.74. The average molecular weight is 371 g/mol. The molecule has 0 saturated carbocycles. The monoisotopic (exact) mass is 371 g/mol. The number of hydrogen-bond donors (Lipinski definition) is 3. The van der Waals surface area contributed by atoms with Crippen LogP contribution in [0.1, 0.15) is 23.6 Å². The van der Waals surface area contributed by atoms with Gasteiger partial charge in [0.05, 0.1) is 21.3 Å². The van der Waals surface area contributed by atoms with E-state index >= 15 is 0 Å². The number of carbonyl (C=O) groups is 1. The second-order valence-corrected chi connectivity index (χ2v) is 6.44. The van der Waals surface area contributed by atoms with E-state index < -0.39 is 0 Å². The fraction of sp³-hybridized carbons (Fsp3) is 0.350. The number of methoxy groups -OCH3 is 3. The molecule has 2 unspecified atom stereocenters. The van der Waals surface area contributed by atoms with Gasteiger partial charge in [-0.2, -0.15) is 0 Å². The van der Waals surface area contributed by atoms with Crippen molar-refractivity contribution in [1.29, 1.82) is 0 Å². The standard InChI is InChI=1S/C20H25N3O4/c1-12-5-7-13(8-6-12)15-11-16(23-22-15)20(24)21-14-9-17(25-2)19(27-4)18(10-14)26-3/h5-10,15-16,22-23H,11H2,1-4H3,(H,21,24). The molecule has 27 heavy (non-hydrogen) atoms. The number of rotatable bonds is 6. The second-order valence-electron chi connectivity index (χ2n) is 6.44. The highest BCUT2D eigenvalue weighted by molar-refractivity contribution is 5.95. The van der Waals surface area contributed by atoms with E-state index in [1.165, 1.54) is 26.9 Å². The number of nitrogens with one attached hydrogen (secondary N) is 3. The van der Waals surface area contributed by atoms with Crippen molar-refractivity contribution < 1.29 is 19.0 Å². The average Bonchev–Trinajstić information content (AvgIpc) is 3.18. The van der Waals surface area contributed by atoms with Gasteiger partial charge >= 0.3 is 0 Å². The van der Waals surface area contributed by atoms with Crippen LogP contribution in [0, 0.1) is 6.92 Å². The van der Waals surface area contributed by atoms with E-state index in [9.17, 15) is 4.79 Å². The Labute approximate surface area is 159 Å². The second kappa shape index (κ2) is 8.28. The van der Waals surface area contributed by atoms with E-state index in [0.717, 1.165) is 5.56 Å². The van der Waals surface area contributed by atoms with Crippen LogP contribution in [0.2, 0.25) is 0 Å². The summed E-state index contributed by atoms with van der Waals surface area (Å²) < 4.78 is 16.0. The highest BCUT2D eigenvalue weighted by Crippen LogP contribution is 2.40. The normalized spacial score (nSPS) is 18.8. The number of aryl methyl sites for hydroxylation is 1. The molecule has 1 saturated heterocycles. The lowest BCUT2D eigenvalue weighted by atomic mass is 10.0. The van der Waals surface area contributed by atoms with Crippen molar-refractivity contribution in [2.75, 3.05) is 26.6 Å². The first kappa shape index (κ1) is 19.0. The molecule has 1 heterocycles. The zero-order valence-corrected chi connectivity index (χ0v) is 16.0. The Morgan fingerprint density at radius 1 is 1.00 bits per heavy atom. The largest absolute Gasteiger partial charge is 0.493 e. The molecule has 2 atom stereocenters. The van der Waals surface area contributed by atoms with Crippen molar-refractivity contribution in [2.45, 2.75) is 25.4 Å². The van der Waals surface area contributed by atoms with Crippen LogP contribution in [0.15, 0.2) is 36.4 Å². The summed E-state index contributed by atoms with van der Waals surface area (Å²) in [5, 5.41) is 2.91. The third-order valence-electron chi connectivity index (χ3n) is 4.63. The minimum atomic E-state index is -0.351. The minimum Gasteiger partial charge on any atom is -0.493 e. The lowest BCUT2D eigenvalue weighted by molar-refractivity contribution is -0.117. The molecule has 7 nitrogen and oxygen atoms in total. The summed E-state index contributed by atoms with van der Waals surface area (Å²) in [6.45, 7) is 2.05. The Morgan fingerprint density at radius 2 is 1.63 bits per heavy atom. The maximum absolute atomic E-state index is 12.7. The van der Waals surface area contributed by atoms with Crippen molar-refractivity contribution in [3.8, 4) is 17.2 Å². The smallest absolute Gasteiger partial charge is 0.242 e. The highest BCUT2D eigenvalue weighted by atomic mass is 16.5. The number of hydrogen-bond acceptors (Lipinski definition) is 6. The molecule has 1 aliphatic rings. The number of ether oxygens (including phenoxy) is 3. The molecule has 1 aliphatic heterocycles. The summed E-state index contributed by atoms with van der Waals surface area (Å²) in [5.41, 5.74) is 9.20. The van der Waals surface area contributed by atoms with Gasteiger partial charge in [-0.25, -0.2) is 10.9 Å². The lowest BCUT2D eigenvalue weighted by Crippen LogP contribution is -2.39. The van der Waals surface area contributed by atoms with Gasteiger partial charge in [-0.15, -0.1) is 0 Å². The Bertz CT molecular complexity index is 782. The van der Waals surface area contributed by atoms with E-state index in [0.29, 0.717) is 29.4 Å². The summed E-state index contributed by atoms with van der Waals surface area (Å²) in [4.78, 5) is 12.7. The molecule has 7 heteroatoms. The van der Waals surface area contributed by atoms with Crippen LogP contribution in [0.4, 0.5) is 5.69 Å². The molecule has 2 aromatic rings. The fourth-order valence-corrected chi connectivity index (χ4v) is 3.13. The molecule has 2 aromatic carbocycles. The quantitative estimate of drug-likeness (QED) is 0.724. The van der Waals surface area contributed by atoms with Gasteiger partial charge in [-0.3, -0.25) is 4.79 Å². The molecule has 3 rings (SSSR count). The summed E-state index contributed by atoms with van der Waals surface area (Å²) in [7, 11) is 4.62. The zero-order valence-electron chi connectivity index (χ0n) is 16.0. The van der Waals surface area contributed by atoms with Crippen molar-refractivity contribution >= 4 is 11.6 Å². The van der Waals surface area contributed by atoms with Crippen LogP contribution >= 0.6 is 0 Å². The van der Waals surface area contributed by atoms with Gasteiger partial charge in [-0.1, -0.05) is 29.8 Å². The van der Waals surface area contributed by atoms with Gasteiger partial charge < -0.3 is 19.5 Å². The van der Waals surface area contributed by atoms with Crippen LogP contribution in [-0.4, -0.2) is 33.3 Å². The first-order valence-corrected chi connectivity index (χ1v) is 8.74. The molecule has 0 aromatic heterocycles. The first-order chi connectivity index (χ1) is 13.0. The molecule has 0 aliphatic carbocycles. The number of carbonyl (C=O) groups excluding carboxylic acids is 1. The van der Waals surface area contributed by atoms with E-state index in [2.05, 4.69) is 47.4 Å². The fourth-order valence-electron chi connectivity index (χ4n) is 3.13. The third kappa shape index (κ3) is 4.15. The summed E-state index contributed by atoms with van der Waals surface area (Å²) in [5.74, 6) is 1.33. The lowest BCUT2D eigenvalue weighted by Gasteiger charge is -2.16. The number of benzene rings is 2. The summed E-state index contributed by atoms with van der Waals surface area (Å²) >= 11 is 0. The molecule has 1 fully saturated rings. The van der Waals surface area contributed by atoms with E-state index in [-0.39, 0.29) is 18.0 Å². The Hall–Kier alpha value is -2.77. The highest BCUT2D eigenvalue weighted by Gasteiger charge is 2.30. The van der Waals surface area contributed by atoms with Crippen molar-refractivity contribution in [2.24, 2.45) is 0 Å².